The molecule has 1 aromatic carbocycles. The number of amides is 1. The number of nitrogens with one attached hydrogen (secondary N) is 1. The van der Waals surface area contributed by atoms with Gasteiger partial charge in [-0.1, -0.05) is 13.8 Å². The molecule has 2 N–H and O–H groups in total. The Hall–Kier alpha value is -3.03. The van der Waals surface area contributed by atoms with Gasteiger partial charge in [-0.2, -0.15) is 9.78 Å². The van der Waals surface area contributed by atoms with E-state index in [1.807, 2.05) is 0 Å². The molecule has 0 fully saturated rings. The number of hydrogen-bond acceptors (Lipinski definition) is 4. The second-order valence-electron chi connectivity index (χ2n) is 6.54. The molecular formula is C18H20FN3O4. The normalized spacial score (nSPS) is 13.3. The Morgan fingerprint density at radius 3 is 2.38 bits per heavy atom. The molecule has 2 aromatic rings. The van der Waals surface area contributed by atoms with Crippen LogP contribution in [0.1, 0.15) is 37.7 Å². The Morgan fingerprint density at radius 2 is 1.85 bits per heavy atom. The van der Waals surface area contributed by atoms with Gasteiger partial charge in [0.25, 0.3) is 11.5 Å². The summed E-state index contributed by atoms with van der Waals surface area (Å²) in [4.78, 5) is 35.7. The summed E-state index contributed by atoms with van der Waals surface area (Å²) in [5, 5.41) is 15.8. The quantitative estimate of drug-likeness (QED) is 0.819. The highest BCUT2D eigenvalue weighted by atomic mass is 19.1. The van der Waals surface area contributed by atoms with Crippen LogP contribution in [0.3, 0.4) is 0 Å². The third-order valence-corrected chi connectivity index (χ3v) is 4.30. The minimum atomic E-state index is -1.04. The number of carbonyl (C=O) groups excluding carboxylic acids is 1. The zero-order valence-electron chi connectivity index (χ0n) is 14.7. The number of rotatable bonds is 6. The van der Waals surface area contributed by atoms with Crippen LogP contribution in [-0.2, 0) is 4.79 Å². The first-order chi connectivity index (χ1) is 12.1. The molecule has 1 amide bonds. The summed E-state index contributed by atoms with van der Waals surface area (Å²) < 4.78 is 14.0. The number of carboxylic acid groups (broad SMARTS) is 1. The molecule has 0 spiro atoms. The maximum Gasteiger partial charge on any atom is 0.305 e. The van der Waals surface area contributed by atoms with E-state index in [9.17, 15) is 18.8 Å². The minimum Gasteiger partial charge on any atom is -0.481 e. The van der Waals surface area contributed by atoms with Gasteiger partial charge in [-0.05, 0) is 43.2 Å². The number of aromatic nitrogens is 2. The second-order valence-corrected chi connectivity index (χ2v) is 6.54. The summed E-state index contributed by atoms with van der Waals surface area (Å²) in [7, 11) is 0. The highest BCUT2D eigenvalue weighted by Gasteiger charge is 2.33. The number of hydrogen-bond donors (Lipinski definition) is 2. The van der Waals surface area contributed by atoms with Gasteiger partial charge in [0.2, 0.25) is 0 Å². The van der Waals surface area contributed by atoms with Gasteiger partial charge in [-0.25, -0.2) is 4.39 Å². The Labute approximate surface area is 149 Å². The van der Waals surface area contributed by atoms with E-state index in [0.717, 1.165) is 4.68 Å². The van der Waals surface area contributed by atoms with Crippen LogP contribution in [0, 0.1) is 11.7 Å². The summed E-state index contributed by atoms with van der Waals surface area (Å²) in [6.07, 6.45) is -0.256. The van der Waals surface area contributed by atoms with Crippen molar-refractivity contribution in [3.8, 4) is 5.69 Å². The van der Waals surface area contributed by atoms with Crippen LogP contribution in [-0.4, -0.2) is 32.3 Å². The average molecular weight is 361 g/mol. The number of carboxylic acids is 1. The van der Waals surface area contributed by atoms with E-state index in [2.05, 4.69) is 10.4 Å². The monoisotopic (exact) mass is 361 g/mol. The number of aliphatic carboxylic acids is 1. The smallest absolute Gasteiger partial charge is 0.305 e. The number of benzene rings is 1. The molecule has 1 aromatic heterocycles. The largest absolute Gasteiger partial charge is 0.481 e. The highest BCUT2D eigenvalue weighted by Crippen LogP contribution is 2.21. The predicted octanol–water partition coefficient (Wildman–Crippen LogP) is 1.99. The van der Waals surface area contributed by atoms with Crippen molar-refractivity contribution in [2.45, 2.75) is 32.7 Å². The van der Waals surface area contributed by atoms with E-state index in [-0.39, 0.29) is 18.0 Å². The molecule has 7 nitrogen and oxygen atoms in total. The molecule has 0 aliphatic rings. The molecule has 1 heterocycles. The van der Waals surface area contributed by atoms with Gasteiger partial charge >= 0.3 is 5.97 Å². The molecule has 0 saturated carbocycles. The van der Waals surface area contributed by atoms with Crippen molar-refractivity contribution in [3.63, 3.8) is 0 Å². The number of halogens is 1. The fourth-order valence-corrected chi connectivity index (χ4v) is 2.33. The molecule has 1 atom stereocenters. The van der Waals surface area contributed by atoms with E-state index >= 15 is 0 Å². The average Bonchev–Trinajstić information content (AvgIpc) is 2.55. The van der Waals surface area contributed by atoms with E-state index in [0.29, 0.717) is 5.69 Å². The van der Waals surface area contributed by atoms with Crippen molar-refractivity contribution in [2.75, 3.05) is 0 Å². The Kier molecular flexibility index (Phi) is 5.54. The van der Waals surface area contributed by atoms with Crippen molar-refractivity contribution < 1.29 is 19.1 Å². The second kappa shape index (κ2) is 7.47. The maximum atomic E-state index is 13.1. The van der Waals surface area contributed by atoms with E-state index in [1.54, 1.807) is 20.8 Å². The van der Waals surface area contributed by atoms with Crippen molar-refractivity contribution >= 4 is 11.9 Å². The summed E-state index contributed by atoms with van der Waals surface area (Å²) in [5.74, 6) is -2.24. The molecule has 0 aliphatic carbocycles. The van der Waals surface area contributed by atoms with Crippen molar-refractivity contribution in [1.82, 2.24) is 15.1 Å². The van der Waals surface area contributed by atoms with Gasteiger partial charge in [-0.3, -0.25) is 14.4 Å². The summed E-state index contributed by atoms with van der Waals surface area (Å²) >= 11 is 0. The molecule has 0 bridgehead atoms. The van der Waals surface area contributed by atoms with Crippen LogP contribution in [0.15, 0.2) is 41.2 Å². The van der Waals surface area contributed by atoms with E-state index in [4.69, 9.17) is 5.11 Å². The first-order valence-corrected chi connectivity index (χ1v) is 8.03. The van der Waals surface area contributed by atoms with Gasteiger partial charge in [0.05, 0.1) is 17.6 Å². The zero-order valence-corrected chi connectivity index (χ0v) is 14.7. The predicted molar refractivity (Wildman–Crippen MR) is 92.8 cm³/mol. The van der Waals surface area contributed by atoms with Gasteiger partial charge in [0.1, 0.15) is 11.5 Å². The van der Waals surface area contributed by atoms with Crippen molar-refractivity contribution in [1.29, 1.82) is 0 Å². The maximum absolute atomic E-state index is 13.1. The van der Waals surface area contributed by atoms with Crippen LogP contribution < -0.4 is 10.9 Å². The summed E-state index contributed by atoms with van der Waals surface area (Å²) in [5.41, 5.74) is -1.21. The van der Waals surface area contributed by atoms with Crippen LogP contribution >= 0.6 is 0 Å². The minimum absolute atomic E-state index is 0.0498. The first kappa shape index (κ1) is 19.3. The van der Waals surface area contributed by atoms with Crippen molar-refractivity contribution in [3.05, 3.63) is 58.3 Å². The van der Waals surface area contributed by atoms with Gasteiger partial charge in [-0.15, -0.1) is 0 Å². The lowest BCUT2D eigenvalue weighted by Crippen LogP contribution is -2.51. The molecule has 2 rings (SSSR count). The first-order valence-electron chi connectivity index (χ1n) is 8.03. The van der Waals surface area contributed by atoms with Gasteiger partial charge in [0.15, 0.2) is 0 Å². The molecule has 1 unspecified atom stereocenters. The SMILES string of the molecule is CC(C)C(C)(CC(=O)O)NC(=O)c1ccc(=O)n(-c2ccc(F)cc2)n1. The third-order valence-electron chi connectivity index (χ3n) is 4.30. The summed E-state index contributed by atoms with van der Waals surface area (Å²) in [6.45, 7) is 5.24. The van der Waals surface area contributed by atoms with Crippen LogP contribution in [0.25, 0.3) is 5.69 Å². The van der Waals surface area contributed by atoms with Crippen LogP contribution in [0.5, 0.6) is 0 Å². The fraction of sp³-hybridized carbons (Fsp3) is 0.333. The molecule has 0 saturated heterocycles. The molecular weight excluding hydrogens is 341 g/mol. The number of nitrogens with zero attached hydrogens (tertiary/aromatic N) is 2. The Balaban J connectivity index is 2.35. The lowest BCUT2D eigenvalue weighted by atomic mass is 9.85. The summed E-state index contributed by atoms with van der Waals surface area (Å²) in [6, 6.07) is 7.54. The van der Waals surface area contributed by atoms with Crippen LogP contribution in [0.4, 0.5) is 4.39 Å². The third kappa shape index (κ3) is 4.33. The molecule has 138 valence electrons. The lowest BCUT2D eigenvalue weighted by molar-refractivity contribution is -0.138. The lowest BCUT2D eigenvalue weighted by Gasteiger charge is -2.33. The Bertz CT molecular complexity index is 877. The fourth-order valence-electron chi connectivity index (χ4n) is 2.33. The van der Waals surface area contributed by atoms with Gasteiger partial charge < -0.3 is 10.4 Å². The van der Waals surface area contributed by atoms with E-state index in [1.165, 1.54) is 36.4 Å². The Morgan fingerprint density at radius 1 is 1.23 bits per heavy atom. The molecule has 0 radical (unpaired) electrons. The molecule has 26 heavy (non-hydrogen) atoms. The number of carbonyl (C=O) groups is 2. The van der Waals surface area contributed by atoms with Crippen LogP contribution in [0.2, 0.25) is 0 Å². The highest BCUT2D eigenvalue weighted by molar-refractivity contribution is 5.93. The van der Waals surface area contributed by atoms with E-state index < -0.39 is 28.8 Å². The van der Waals surface area contributed by atoms with Gasteiger partial charge in [0, 0.05) is 6.07 Å². The standard InChI is InChI=1S/C18H20FN3O4/c1-11(2)18(3,10-16(24)25)20-17(26)14-8-9-15(23)22(21-14)13-6-4-12(19)5-7-13/h4-9,11H,10H2,1-3H3,(H,20,26)(H,24,25). The zero-order chi connectivity index (χ0) is 19.5. The van der Waals surface area contributed by atoms with Crippen molar-refractivity contribution in [2.24, 2.45) is 5.92 Å². The topological polar surface area (TPSA) is 101 Å². The molecule has 0 aliphatic heterocycles. The molecule has 8 heteroatoms.